The van der Waals surface area contributed by atoms with Crippen LogP contribution in [0.3, 0.4) is 0 Å². The normalized spacial score (nSPS) is 14.2. The lowest BCUT2D eigenvalue weighted by molar-refractivity contribution is -0.137. The molecule has 1 aliphatic heterocycles. The van der Waals surface area contributed by atoms with Crippen molar-refractivity contribution in [2.75, 3.05) is 0 Å². The SMILES string of the molecule is Cc1cc(Cn2nnn(-c3ccc(C(F)(F)F)cc3)c2=O)ccc1/N=C1\OC(=O)c2c(I)cccc21. The summed E-state index contributed by atoms with van der Waals surface area (Å²) in [7, 11) is 0. The number of nitrogens with zero attached hydrogens (tertiary/aromatic N) is 5. The van der Waals surface area contributed by atoms with Crippen LogP contribution >= 0.6 is 22.6 Å². The van der Waals surface area contributed by atoms with Gasteiger partial charge in [-0.25, -0.2) is 14.6 Å². The lowest BCUT2D eigenvalue weighted by Gasteiger charge is -2.07. The van der Waals surface area contributed by atoms with Gasteiger partial charge in [-0.05, 0) is 93.5 Å². The summed E-state index contributed by atoms with van der Waals surface area (Å²) in [4.78, 5) is 29.5. The Morgan fingerprint density at radius 2 is 1.78 bits per heavy atom. The number of aromatic nitrogens is 4. The van der Waals surface area contributed by atoms with E-state index in [4.69, 9.17) is 4.74 Å². The molecule has 0 saturated heterocycles. The number of esters is 1. The summed E-state index contributed by atoms with van der Waals surface area (Å²) in [6, 6.07) is 14.8. The van der Waals surface area contributed by atoms with E-state index in [0.29, 0.717) is 16.8 Å². The highest BCUT2D eigenvalue weighted by atomic mass is 127. The molecule has 12 heteroatoms. The van der Waals surface area contributed by atoms with E-state index in [1.165, 1.54) is 0 Å². The number of cyclic esters (lactones) is 1. The number of carbonyl (C=O) groups is 1. The maximum atomic E-state index is 12.8. The van der Waals surface area contributed by atoms with E-state index in [9.17, 15) is 22.8 Å². The van der Waals surface area contributed by atoms with E-state index in [2.05, 4.69) is 38.0 Å². The fourth-order valence-corrected chi connectivity index (χ4v) is 4.46. The van der Waals surface area contributed by atoms with Crippen LogP contribution in [0.15, 0.2) is 70.5 Å². The molecule has 0 aliphatic carbocycles. The van der Waals surface area contributed by atoms with Crippen LogP contribution in [0.5, 0.6) is 0 Å². The number of ether oxygens (including phenoxy) is 1. The van der Waals surface area contributed by atoms with E-state index < -0.39 is 23.4 Å². The number of fused-ring (bicyclic) bond motifs is 1. The number of tetrazole rings is 1. The molecular weight excluding hydrogens is 590 g/mol. The zero-order valence-corrected chi connectivity index (χ0v) is 20.6. The molecule has 0 amide bonds. The third-order valence-corrected chi connectivity index (χ3v) is 6.43. The van der Waals surface area contributed by atoms with Crippen LogP contribution in [-0.2, 0) is 17.5 Å². The third-order valence-electron chi connectivity index (χ3n) is 5.53. The van der Waals surface area contributed by atoms with Gasteiger partial charge < -0.3 is 4.74 Å². The van der Waals surface area contributed by atoms with Gasteiger partial charge in [0.25, 0.3) is 0 Å². The van der Waals surface area contributed by atoms with Crippen molar-refractivity contribution in [2.24, 2.45) is 4.99 Å². The van der Waals surface area contributed by atoms with Crippen molar-refractivity contribution in [3.63, 3.8) is 0 Å². The molecular formula is C24H15F3IN5O3. The fourth-order valence-electron chi connectivity index (χ4n) is 3.74. The molecule has 0 N–H and O–H groups in total. The zero-order chi connectivity index (χ0) is 25.6. The Bertz CT molecular complexity index is 1590. The quantitative estimate of drug-likeness (QED) is 0.250. The highest BCUT2D eigenvalue weighted by molar-refractivity contribution is 14.1. The smallest absolute Gasteiger partial charge is 0.403 e. The number of aliphatic imine (C=N–C) groups is 1. The summed E-state index contributed by atoms with van der Waals surface area (Å²) in [5.41, 5.74) is 1.96. The minimum absolute atomic E-state index is 0.0905. The summed E-state index contributed by atoms with van der Waals surface area (Å²) in [6.07, 6.45) is -4.47. The molecule has 0 unspecified atom stereocenters. The van der Waals surface area contributed by atoms with Gasteiger partial charge in [-0.1, -0.05) is 18.2 Å². The monoisotopic (exact) mass is 605 g/mol. The Morgan fingerprint density at radius 1 is 1.03 bits per heavy atom. The van der Waals surface area contributed by atoms with Gasteiger partial charge in [0.05, 0.1) is 34.6 Å². The van der Waals surface area contributed by atoms with Crippen molar-refractivity contribution in [1.82, 2.24) is 19.8 Å². The number of hydrogen-bond donors (Lipinski definition) is 0. The molecule has 1 aliphatic rings. The predicted octanol–water partition coefficient (Wildman–Crippen LogP) is 4.66. The first-order valence-corrected chi connectivity index (χ1v) is 11.6. The number of carbonyl (C=O) groups excluding carboxylic acids is 1. The van der Waals surface area contributed by atoms with Gasteiger partial charge in [0.1, 0.15) is 0 Å². The van der Waals surface area contributed by atoms with Crippen LogP contribution in [0, 0.1) is 10.5 Å². The van der Waals surface area contributed by atoms with Gasteiger partial charge in [-0.3, -0.25) is 0 Å². The van der Waals surface area contributed by atoms with Crippen molar-refractivity contribution < 1.29 is 22.7 Å². The molecule has 0 fully saturated rings. The van der Waals surface area contributed by atoms with Gasteiger partial charge >= 0.3 is 17.8 Å². The Labute approximate surface area is 215 Å². The molecule has 3 aromatic carbocycles. The number of benzene rings is 3. The number of halogens is 4. The Morgan fingerprint density at radius 3 is 2.47 bits per heavy atom. The molecule has 5 rings (SSSR count). The van der Waals surface area contributed by atoms with Gasteiger partial charge in [0.2, 0.25) is 5.90 Å². The van der Waals surface area contributed by atoms with Crippen molar-refractivity contribution >= 4 is 40.1 Å². The van der Waals surface area contributed by atoms with Gasteiger partial charge in [0, 0.05) is 3.57 Å². The first kappa shape index (κ1) is 23.9. The maximum Gasteiger partial charge on any atom is 0.416 e. The molecule has 0 saturated carbocycles. The van der Waals surface area contributed by atoms with E-state index in [1.807, 2.05) is 25.1 Å². The molecule has 0 spiro atoms. The van der Waals surface area contributed by atoms with Crippen LogP contribution in [0.2, 0.25) is 0 Å². The first-order valence-electron chi connectivity index (χ1n) is 10.5. The summed E-state index contributed by atoms with van der Waals surface area (Å²) >= 11 is 2.07. The highest BCUT2D eigenvalue weighted by Crippen LogP contribution is 2.30. The van der Waals surface area contributed by atoms with E-state index in [-0.39, 0.29) is 18.1 Å². The molecule has 0 atom stereocenters. The van der Waals surface area contributed by atoms with Crippen LogP contribution in [-0.4, -0.2) is 31.7 Å². The molecule has 36 heavy (non-hydrogen) atoms. The Kier molecular flexibility index (Phi) is 5.98. The van der Waals surface area contributed by atoms with Crippen molar-refractivity contribution in [3.05, 3.63) is 103 Å². The van der Waals surface area contributed by atoms with Crippen LogP contribution in [0.4, 0.5) is 18.9 Å². The lowest BCUT2D eigenvalue weighted by Crippen LogP contribution is -2.24. The van der Waals surface area contributed by atoms with Crippen LogP contribution in [0.1, 0.15) is 32.6 Å². The van der Waals surface area contributed by atoms with Crippen molar-refractivity contribution in [1.29, 1.82) is 0 Å². The maximum absolute atomic E-state index is 12.8. The molecule has 182 valence electrons. The largest absolute Gasteiger partial charge is 0.416 e. The second-order valence-corrected chi connectivity index (χ2v) is 9.13. The van der Waals surface area contributed by atoms with Crippen LogP contribution in [0.25, 0.3) is 5.69 Å². The number of rotatable bonds is 4. The number of alkyl halides is 3. The van der Waals surface area contributed by atoms with E-state index >= 15 is 0 Å². The minimum Gasteiger partial charge on any atom is -0.403 e. The lowest BCUT2D eigenvalue weighted by atomic mass is 10.1. The molecule has 8 nitrogen and oxygen atoms in total. The summed E-state index contributed by atoms with van der Waals surface area (Å²) in [6.45, 7) is 1.92. The Hall–Kier alpha value is -3.81. The average molecular weight is 605 g/mol. The fraction of sp³-hybridized carbons (Fsp3) is 0.125. The summed E-state index contributed by atoms with van der Waals surface area (Å²) < 4.78 is 46.5. The van der Waals surface area contributed by atoms with Gasteiger partial charge in [0.15, 0.2) is 0 Å². The first-order chi connectivity index (χ1) is 17.1. The summed E-state index contributed by atoms with van der Waals surface area (Å²) in [5.74, 6) is -0.224. The average Bonchev–Trinajstić information content (AvgIpc) is 3.35. The molecule has 4 aromatic rings. The standard InChI is InChI=1S/C24H15F3IN5O3/c1-13-11-14(5-10-19(13)29-21-17-3-2-4-18(28)20(17)22(34)36-21)12-32-23(35)33(31-30-32)16-8-6-15(7-9-16)24(25,26)27/h2-11H,12H2,1H3/b29-21-. The molecule has 1 aromatic heterocycles. The third kappa shape index (κ3) is 4.43. The topological polar surface area (TPSA) is 91.4 Å². The number of hydrogen-bond acceptors (Lipinski definition) is 6. The minimum atomic E-state index is -4.47. The highest BCUT2D eigenvalue weighted by Gasteiger charge is 2.31. The number of aryl methyl sites for hydroxylation is 1. The Balaban J connectivity index is 1.38. The van der Waals surface area contributed by atoms with E-state index in [1.54, 1.807) is 18.2 Å². The molecule has 2 heterocycles. The summed E-state index contributed by atoms with van der Waals surface area (Å²) in [5, 5.41) is 7.63. The predicted molar refractivity (Wildman–Crippen MR) is 132 cm³/mol. The second kappa shape index (κ2) is 9.00. The zero-order valence-electron chi connectivity index (χ0n) is 18.5. The van der Waals surface area contributed by atoms with E-state index in [0.717, 1.165) is 48.3 Å². The van der Waals surface area contributed by atoms with Gasteiger partial charge in [-0.15, -0.1) is 0 Å². The van der Waals surface area contributed by atoms with Crippen molar-refractivity contribution in [3.8, 4) is 5.69 Å². The molecule has 0 radical (unpaired) electrons. The van der Waals surface area contributed by atoms with Crippen LogP contribution < -0.4 is 5.69 Å². The van der Waals surface area contributed by atoms with Crippen molar-refractivity contribution in [2.45, 2.75) is 19.6 Å². The second-order valence-electron chi connectivity index (χ2n) is 7.97. The molecule has 0 bridgehead atoms. The van der Waals surface area contributed by atoms with Gasteiger partial charge in [-0.2, -0.15) is 22.5 Å².